The molecule has 0 unspecified atom stereocenters. The molecule has 0 heterocycles. The van der Waals surface area contributed by atoms with E-state index < -0.39 is 5.24 Å². The van der Waals surface area contributed by atoms with Gasteiger partial charge in [0.25, 0.3) is 0 Å². The van der Waals surface area contributed by atoms with E-state index in [0.29, 0.717) is 46.2 Å². The highest BCUT2D eigenvalue weighted by atomic mass is 79.9. The molecule has 102 valence electrons. The van der Waals surface area contributed by atoms with Crippen LogP contribution in [0.3, 0.4) is 0 Å². The van der Waals surface area contributed by atoms with Crippen LogP contribution >= 0.6 is 27.5 Å². The molecule has 0 aliphatic carbocycles. The molecular weight excluding hydrogens is 315 g/mol. The first-order chi connectivity index (χ1) is 8.27. The van der Waals surface area contributed by atoms with Crippen LogP contribution in [-0.4, -0.2) is 63.4 Å². The summed E-state index contributed by atoms with van der Waals surface area (Å²) in [7, 11) is 0. The van der Waals surface area contributed by atoms with Crippen molar-refractivity contribution in [2.24, 2.45) is 0 Å². The Hall–Kier alpha value is 0.280. The smallest absolute Gasteiger partial charge is 0.247 e. The zero-order valence-corrected chi connectivity index (χ0v) is 12.0. The van der Waals surface area contributed by atoms with E-state index in [4.69, 9.17) is 30.5 Å². The average molecular weight is 334 g/mol. The molecule has 0 saturated carbocycles. The third kappa shape index (κ3) is 16.3. The SMILES string of the molecule is O=C(Cl)COCCOCCOCCOCCBr. The third-order valence-electron chi connectivity index (χ3n) is 1.55. The topological polar surface area (TPSA) is 54.0 Å². The molecule has 0 N–H and O–H groups in total. The average Bonchev–Trinajstić information content (AvgIpc) is 2.30. The van der Waals surface area contributed by atoms with Crippen LogP contribution in [0, 0.1) is 0 Å². The van der Waals surface area contributed by atoms with Gasteiger partial charge in [-0.2, -0.15) is 0 Å². The molecule has 0 aromatic carbocycles. The molecule has 0 aliphatic heterocycles. The summed E-state index contributed by atoms with van der Waals surface area (Å²) in [5.74, 6) is 0. The van der Waals surface area contributed by atoms with Gasteiger partial charge in [0.15, 0.2) is 0 Å². The molecule has 0 atom stereocenters. The number of hydrogen-bond acceptors (Lipinski definition) is 5. The van der Waals surface area contributed by atoms with Gasteiger partial charge in [-0.1, -0.05) is 15.9 Å². The van der Waals surface area contributed by atoms with Crippen LogP contribution in [0.25, 0.3) is 0 Å². The molecule has 0 bridgehead atoms. The maximum Gasteiger partial charge on any atom is 0.247 e. The summed E-state index contributed by atoms with van der Waals surface area (Å²) >= 11 is 8.33. The van der Waals surface area contributed by atoms with Crippen LogP contribution in [-0.2, 0) is 23.7 Å². The van der Waals surface area contributed by atoms with Crippen LogP contribution in [0.5, 0.6) is 0 Å². The standard InChI is InChI=1S/C10H18BrClO5/c11-1-2-14-3-4-15-5-6-16-7-8-17-9-10(12)13/h1-9H2. The first kappa shape index (κ1) is 17.3. The van der Waals surface area contributed by atoms with Gasteiger partial charge in [-0.05, 0) is 11.6 Å². The second-order valence-electron chi connectivity index (χ2n) is 2.93. The molecule has 0 aliphatic rings. The van der Waals surface area contributed by atoms with Gasteiger partial charge in [-0.25, -0.2) is 0 Å². The van der Waals surface area contributed by atoms with Crippen molar-refractivity contribution >= 4 is 32.8 Å². The largest absolute Gasteiger partial charge is 0.378 e. The van der Waals surface area contributed by atoms with Gasteiger partial charge in [0.1, 0.15) is 6.61 Å². The minimum absolute atomic E-state index is 0.0771. The van der Waals surface area contributed by atoms with Crippen molar-refractivity contribution in [2.45, 2.75) is 0 Å². The Bertz CT molecular complexity index is 182. The fourth-order valence-electron chi connectivity index (χ4n) is 0.867. The molecular formula is C10H18BrClO5. The normalized spacial score (nSPS) is 10.7. The lowest BCUT2D eigenvalue weighted by Crippen LogP contribution is -2.13. The second-order valence-corrected chi connectivity index (χ2v) is 4.15. The highest BCUT2D eigenvalue weighted by Gasteiger charge is 1.95. The first-order valence-electron chi connectivity index (χ1n) is 5.32. The summed E-state index contributed by atoms with van der Waals surface area (Å²) in [4.78, 5) is 10.3. The predicted molar refractivity (Wildman–Crippen MR) is 67.9 cm³/mol. The predicted octanol–water partition coefficient (Wildman–Crippen LogP) is 1.21. The lowest BCUT2D eigenvalue weighted by Gasteiger charge is -2.06. The van der Waals surface area contributed by atoms with E-state index in [-0.39, 0.29) is 6.61 Å². The van der Waals surface area contributed by atoms with Crippen molar-refractivity contribution in [1.29, 1.82) is 0 Å². The molecule has 5 nitrogen and oxygen atoms in total. The number of hydrogen-bond donors (Lipinski definition) is 0. The maximum atomic E-state index is 10.3. The fourth-order valence-corrected chi connectivity index (χ4v) is 1.17. The highest BCUT2D eigenvalue weighted by Crippen LogP contribution is 1.85. The third-order valence-corrected chi connectivity index (χ3v) is 1.99. The first-order valence-corrected chi connectivity index (χ1v) is 6.82. The Labute approximate surface area is 115 Å². The van der Waals surface area contributed by atoms with Crippen molar-refractivity contribution in [1.82, 2.24) is 0 Å². The minimum Gasteiger partial charge on any atom is -0.378 e. The molecule has 0 saturated heterocycles. The minimum atomic E-state index is -0.503. The molecule has 0 aromatic rings. The molecule has 0 aromatic heterocycles. The molecule has 7 heteroatoms. The molecule has 0 spiro atoms. The quantitative estimate of drug-likeness (QED) is 0.288. The number of halogens is 2. The van der Waals surface area contributed by atoms with Gasteiger partial charge in [0, 0.05) is 5.33 Å². The Kier molecular flexibility index (Phi) is 14.6. The van der Waals surface area contributed by atoms with Crippen molar-refractivity contribution in [3.8, 4) is 0 Å². The van der Waals surface area contributed by atoms with Gasteiger partial charge in [0.05, 0.1) is 46.2 Å². The number of carbonyl (C=O) groups is 1. The summed E-state index contributed by atoms with van der Waals surface area (Å²) in [6.07, 6.45) is 0. The van der Waals surface area contributed by atoms with Crippen molar-refractivity contribution in [2.75, 3.05) is 58.2 Å². The van der Waals surface area contributed by atoms with Gasteiger partial charge < -0.3 is 18.9 Å². The number of rotatable bonds is 13. The lowest BCUT2D eigenvalue weighted by atomic mass is 10.7. The molecule has 0 amide bonds. The Morgan fingerprint density at radius 1 is 0.824 bits per heavy atom. The van der Waals surface area contributed by atoms with E-state index in [0.717, 1.165) is 5.33 Å². The second kappa shape index (κ2) is 14.3. The molecule has 0 rings (SSSR count). The van der Waals surface area contributed by atoms with E-state index in [1.165, 1.54) is 0 Å². The zero-order valence-electron chi connectivity index (χ0n) is 9.66. The van der Waals surface area contributed by atoms with E-state index >= 15 is 0 Å². The molecule has 17 heavy (non-hydrogen) atoms. The van der Waals surface area contributed by atoms with Crippen LogP contribution in [0.4, 0.5) is 0 Å². The monoisotopic (exact) mass is 332 g/mol. The number of alkyl halides is 1. The molecule has 0 radical (unpaired) electrons. The Morgan fingerprint density at radius 2 is 1.24 bits per heavy atom. The van der Waals surface area contributed by atoms with E-state index in [2.05, 4.69) is 15.9 Å². The van der Waals surface area contributed by atoms with Gasteiger partial charge in [-0.3, -0.25) is 4.79 Å². The van der Waals surface area contributed by atoms with Crippen molar-refractivity contribution < 1.29 is 23.7 Å². The summed E-state index contributed by atoms with van der Waals surface area (Å²) in [5, 5.41) is 0.331. The summed E-state index contributed by atoms with van der Waals surface area (Å²) in [5.41, 5.74) is 0. The molecule has 0 fully saturated rings. The van der Waals surface area contributed by atoms with E-state index in [1.54, 1.807) is 0 Å². The lowest BCUT2D eigenvalue weighted by molar-refractivity contribution is -0.116. The Morgan fingerprint density at radius 3 is 1.65 bits per heavy atom. The van der Waals surface area contributed by atoms with Crippen LogP contribution in [0.2, 0.25) is 0 Å². The van der Waals surface area contributed by atoms with Gasteiger partial charge in [-0.15, -0.1) is 0 Å². The summed E-state index contributed by atoms with van der Waals surface area (Å²) in [6, 6.07) is 0. The highest BCUT2D eigenvalue weighted by molar-refractivity contribution is 9.09. The van der Waals surface area contributed by atoms with Crippen LogP contribution in [0.15, 0.2) is 0 Å². The zero-order chi connectivity index (χ0) is 12.8. The number of carbonyl (C=O) groups excluding carboxylic acids is 1. The van der Waals surface area contributed by atoms with Crippen molar-refractivity contribution in [3.05, 3.63) is 0 Å². The number of ether oxygens (including phenoxy) is 4. The van der Waals surface area contributed by atoms with Crippen LogP contribution < -0.4 is 0 Å². The van der Waals surface area contributed by atoms with Gasteiger partial charge >= 0.3 is 0 Å². The Balaban J connectivity index is 2.91. The van der Waals surface area contributed by atoms with Gasteiger partial charge in [0.2, 0.25) is 5.24 Å². The summed E-state index contributed by atoms with van der Waals surface area (Å²) in [6.45, 7) is 3.56. The maximum absolute atomic E-state index is 10.3. The van der Waals surface area contributed by atoms with Crippen molar-refractivity contribution in [3.63, 3.8) is 0 Å². The fraction of sp³-hybridized carbons (Fsp3) is 0.900. The van der Waals surface area contributed by atoms with E-state index in [1.807, 2.05) is 0 Å². The summed E-state index contributed by atoms with van der Waals surface area (Å²) < 4.78 is 20.5. The van der Waals surface area contributed by atoms with Crippen LogP contribution in [0.1, 0.15) is 0 Å². The van der Waals surface area contributed by atoms with E-state index in [9.17, 15) is 4.79 Å².